The SMILES string of the molecule is C.C=C(O)CCCC(=O)N1C(=O)OC[C@H]1c1ccccc1.CC(=O)CCC(C(=O)N1C(=O)OC[C@@H]1c1ccccc1)C(Nc1ccc(F)cc1)c1ccc(OCc2ccccc2)cc1.Fc1ccc(N=Cc2ccc(OCc3ccccc3)cc2)cc1. The third kappa shape index (κ3) is 19.4. The first-order valence-corrected chi connectivity index (χ1v) is 28.1. The lowest BCUT2D eigenvalue weighted by molar-refractivity contribution is -0.134. The molecule has 0 bridgehead atoms. The number of hydrogen-bond acceptors (Lipinski definition) is 12. The lowest BCUT2D eigenvalue weighted by Gasteiger charge is -2.32. The van der Waals surface area contributed by atoms with E-state index >= 15 is 0 Å². The average Bonchev–Trinajstić information content (AvgIpc) is 2.00. The molecule has 0 saturated carbocycles. The minimum absolute atomic E-state index is 0. The van der Waals surface area contributed by atoms with Crippen LogP contribution in [0.2, 0.25) is 0 Å². The molecule has 8 aromatic rings. The Kier molecular flexibility index (Phi) is 24.2. The summed E-state index contributed by atoms with van der Waals surface area (Å²) in [5.74, 6) is -0.806. The number of aliphatic imine (C=N–C) groups is 1. The number of carbonyl (C=O) groups is 5. The number of hydrogen-bond donors (Lipinski definition) is 2. The van der Waals surface area contributed by atoms with Crippen LogP contribution in [-0.4, -0.2) is 64.1 Å². The third-order valence-corrected chi connectivity index (χ3v) is 14.0. The highest BCUT2D eigenvalue weighted by atomic mass is 19.1. The Morgan fingerprint density at radius 1 is 0.621 bits per heavy atom. The van der Waals surface area contributed by atoms with Gasteiger partial charge in [0.05, 0.1) is 23.4 Å². The first-order valence-electron chi connectivity index (χ1n) is 28.1. The van der Waals surface area contributed by atoms with Crippen LogP contribution < -0.4 is 14.8 Å². The van der Waals surface area contributed by atoms with E-state index in [-0.39, 0.29) is 69.2 Å². The summed E-state index contributed by atoms with van der Waals surface area (Å²) in [6, 6.07) is 63.7. The number of aliphatic hydroxyl groups is 1. The summed E-state index contributed by atoms with van der Waals surface area (Å²) in [5, 5.41) is 12.4. The zero-order valence-corrected chi connectivity index (χ0v) is 47.5. The molecule has 4 amide bonds. The van der Waals surface area contributed by atoms with Gasteiger partial charge in [-0.05, 0) is 138 Å². The summed E-state index contributed by atoms with van der Waals surface area (Å²) in [7, 11) is 0. The number of halogens is 2. The molecular weight excluding hydrogens is 1110 g/mol. The molecule has 4 atom stereocenters. The topological polar surface area (TPSA) is 173 Å². The van der Waals surface area contributed by atoms with Crippen molar-refractivity contribution in [2.24, 2.45) is 10.9 Å². The Morgan fingerprint density at radius 3 is 1.57 bits per heavy atom. The molecule has 8 aromatic carbocycles. The lowest BCUT2D eigenvalue weighted by Crippen LogP contribution is -2.42. The molecule has 2 saturated heterocycles. The van der Waals surface area contributed by atoms with E-state index < -0.39 is 41.9 Å². The Morgan fingerprint density at radius 2 is 1.08 bits per heavy atom. The second-order valence-electron chi connectivity index (χ2n) is 20.3. The highest BCUT2D eigenvalue weighted by Gasteiger charge is 2.44. The van der Waals surface area contributed by atoms with Gasteiger partial charge in [-0.3, -0.25) is 14.6 Å². The summed E-state index contributed by atoms with van der Waals surface area (Å²) < 4.78 is 48.6. The van der Waals surface area contributed by atoms with Gasteiger partial charge in [0.25, 0.3) is 0 Å². The molecule has 0 spiro atoms. The molecule has 2 aliphatic heterocycles. The number of rotatable bonds is 22. The Labute approximate surface area is 506 Å². The van der Waals surface area contributed by atoms with Crippen molar-refractivity contribution in [3.8, 4) is 11.5 Å². The average molecular weight is 1180 g/mol. The number of ether oxygens (including phenoxy) is 4. The molecule has 0 aliphatic carbocycles. The quantitative estimate of drug-likeness (QED) is 0.0488. The molecular formula is C71H70F2N4O10. The number of amides is 4. The van der Waals surface area contributed by atoms with Gasteiger partial charge in [0.1, 0.15) is 67.4 Å². The van der Waals surface area contributed by atoms with Crippen molar-refractivity contribution in [1.82, 2.24) is 9.80 Å². The van der Waals surface area contributed by atoms with Crippen LogP contribution in [0.3, 0.4) is 0 Å². The molecule has 0 radical (unpaired) electrons. The highest BCUT2D eigenvalue weighted by molar-refractivity contribution is 5.96. The van der Waals surface area contributed by atoms with E-state index in [1.165, 1.54) is 31.2 Å². The standard InChI is InChI=1S/C35H33FN2O5.C20H16FNO.C15H17NO4.CH4/c1-24(39)12-21-31(34(40)38-32(23-43-35(38)41)26-10-6-3-7-11-26)33(37-29-17-15-28(36)16-18-29)27-13-19-30(20-14-27)42-22-25-8-4-2-5-9-25;21-18-8-10-19(11-9-18)22-14-16-6-12-20(13-7-16)23-15-17-4-2-1-3-5-17;1-11(17)6-5-9-14(18)16-13(10-20-15(16)19)12-7-3-2-4-8-12;/h2-11,13-20,31-33,37H,12,21-23H2,1H3;1-14H,15H2;2-4,7-8,13,17H,1,5-6,9-10H2;1H4/t31?,32-,33?;;13-;/m1.0./s1. The Hall–Kier alpha value is -10.2. The summed E-state index contributed by atoms with van der Waals surface area (Å²) in [4.78, 5) is 69.9. The van der Waals surface area contributed by atoms with Crippen LogP contribution in [0.15, 0.2) is 236 Å². The second kappa shape index (κ2) is 32.7. The third-order valence-electron chi connectivity index (χ3n) is 14.0. The monoisotopic (exact) mass is 1180 g/mol. The molecule has 14 nitrogen and oxygen atoms in total. The number of benzene rings is 8. The summed E-state index contributed by atoms with van der Waals surface area (Å²) in [6.07, 6.45) is 1.72. The molecule has 448 valence electrons. The zero-order chi connectivity index (χ0) is 60.6. The molecule has 2 fully saturated rings. The molecule has 16 heteroatoms. The van der Waals surface area contributed by atoms with Crippen molar-refractivity contribution in [3.63, 3.8) is 0 Å². The van der Waals surface area contributed by atoms with E-state index in [2.05, 4.69) is 16.9 Å². The molecule has 10 rings (SSSR count). The van der Waals surface area contributed by atoms with Crippen LogP contribution in [0.25, 0.3) is 0 Å². The number of cyclic esters (lactones) is 2. The van der Waals surface area contributed by atoms with Crippen LogP contribution in [-0.2, 0) is 37.1 Å². The number of allylic oxidation sites excluding steroid dienone is 1. The largest absolute Gasteiger partial charge is 0.513 e. The van der Waals surface area contributed by atoms with Gasteiger partial charge < -0.3 is 34.2 Å². The predicted octanol–water partition coefficient (Wildman–Crippen LogP) is 16.0. The Balaban J connectivity index is 0.000000206. The number of ketones is 1. The van der Waals surface area contributed by atoms with E-state index in [4.69, 9.17) is 24.1 Å². The summed E-state index contributed by atoms with van der Waals surface area (Å²) >= 11 is 0. The zero-order valence-electron chi connectivity index (χ0n) is 47.5. The number of nitrogens with zero attached hydrogens (tertiary/aromatic N) is 3. The second-order valence-corrected chi connectivity index (χ2v) is 20.3. The lowest BCUT2D eigenvalue weighted by atomic mass is 9.86. The molecule has 2 N–H and O–H groups in total. The normalized spacial score (nSPS) is 14.8. The molecule has 2 aliphatic rings. The van der Waals surface area contributed by atoms with E-state index in [0.717, 1.165) is 54.6 Å². The number of aliphatic hydroxyl groups excluding tert-OH is 1. The van der Waals surface area contributed by atoms with Gasteiger partial charge in [0.2, 0.25) is 11.8 Å². The minimum Gasteiger partial charge on any atom is -0.513 e. The molecule has 0 aromatic heterocycles. The smallest absolute Gasteiger partial charge is 0.417 e. The van der Waals surface area contributed by atoms with Crippen LogP contribution in [0.4, 0.5) is 29.7 Å². The molecule has 2 heterocycles. The fraction of sp³-hybridized carbons (Fsp3) is 0.211. The van der Waals surface area contributed by atoms with Gasteiger partial charge in [0.15, 0.2) is 0 Å². The number of carbonyl (C=O) groups excluding carboxylic acids is 5. The van der Waals surface area contributed by atoms with Crippen LogP contribution in [0.1, 0.15) is 98.0 Å². The first-order chi connectivity index (χ1) is 41.8. The van der Waals surface area contributed by atoms with Crippen LogP contribution in [0, 0.1) is 17.6 Å². The highest BCUT2D eigenvalue weighted by Crippen LogP contribution is 2.37. The summed E-state index contributed by atoms with van der Waals surface area (Å²) in [6.45, 7) is 6.00. The number of Topliss-reactive ketones (excluding diaryl/α,β-unsaturated/α-hetero) is 1. The Bertz CT molecular complexity index is 3510. The van der Waals surface area contributed by atoms with Gasteiger partial charge in [-0.2, -0.15) is 0 Å². The van der Waals surface area contributed by atoms with Crippen molar-refractivity contribution >= 4 is 47.4 Å². The van der Waals surface area contributed by atoms with E-state index in [9.17, 15) is 32.8 Å². The van der Waals surface area contributed by atoms with Gasteiger partial charge in [0, 0.05) is 31.2 Å². The summed E-state index contributed by atoms with van der Waals surface area (Å²) in [5.41, 5.74) is 6.81. The van der Waals surface area contributed by atoms with Gasteiger partial charge in [-0.15, -0.1) is 0 Å². The molecule has 87 heavy (non-hydrogen) atoms. The van der Waals surface area contributed by atoms with Crippen molar-refractivity contribution in [3.05, 3.63) is 276 Å². The van der Waals surface area contributed by atoms with E-state index in [1.807, 2.05) is 170 Å². The predicted molar refractivity (Wildman–Crippen MR) is 331 cm³/mol. The van der Waals surface area contributed by atoms with Crippen molar-refractivity contribution in [2.75, 3.05) is 18.5 Å². The number of nitrogens with one attached hydrogen (secondary N) is 1. The minimum atomic E-state index is -0.832. The maximum absolute atomic E-state index is 14.3. The van der Waals surface area contributed by atoms with Crippen molar-refractivity contribution in [2.45, 2.75) is 77.8 Å². The molecule has 2 unspecified atom stereocenters. The maximum atomic E-state index is 14.3. The van der Waals surface area contributed by atoms with Crippen molar-refractivity contribution < 1.29 is 56.8 Å². The van der Waals surface area contributed by atoms with Gasteiger partial charge >= 0.3 is 12.2 Å². The maximum Gasteiger partial charge on any atom is 0.417 e. The first kappa shape index (κ1) is 64.3. The van der Waals surface area contributed by atoms with E-state index in [1.54, 1.807) is 30.5 Å². The van der Waals surface area contributed by atoms with Gasteiger partial charge in [-0.25, -0.2) is 28.2 Å². The fourth-order valence-electron chi connectivity index (χ4n) is 9.46. The van der Waals surface area contributed by atoms with Crippen LogP contribution >= 0.6 is 0 Å². The number of anilines is 1. The fourth-order valence-corrected chi connectivity index (χ4v) is 9.46. The number of imide groups is 2. The van der Waals surface area contributed by atoms with Gasteiger partial charge in [-0.1, -0.05) is 147 Å². The van der Waals surface area contributed by atoms with Crippen molar-refractivity contribution in [1.29, 1.82) is 0 Å². The van der Waals surface area contributed by atoms with E-state index in [0.29, 0.717) is 37.5 Å². The van der Waals surface area contributed by atoms with Crippen LogP contribution in [0.5, 0.6) is 11.5 Å².